The molecule has 10 heteroatoms. The number of nitrogens with zero attached hydrogens (tertiary/aromatic N) is 5. The molecule has 0 aliphatic rings. The Morgan fingerprint density at radius 3 is 2.91 bits per heavy atom. The second-order valence-corrected chi connectivity index (χ2v) is 8.23. The molecule has 0 radical (unpaired) electrons. The highest BCUT2D eigenvalue weighted by atomic mass is 35.5. The van der Waals surface area contributed by atoms with Gasteiger partial charge in [0, 0.05) is 30.8 Å². The predicted octanol–water partition coefficient (Wildman–Crippen LogP) is 4.30. The van der Waals surface area contributed by atoms with Gasteiger partial charge in [-0.05, 0) is 67.4 Å². The summed E-state index contributed by atoms with van der Waals surface area (Å²) in [6.45, 7) is 5.71. The van der Waals surface area contributed by atoms with Crippen molar-refractivity contribution in [2.24, 2.45) is 0 Å². The minimum Gasteiger partial charge on any atom is -0.450 e. The average Bonchev–Trinajstić information content (AvgIpc) is 3.36. The van der Waals surface area contributed by atoms with Crippen molar-refractivity contribution in [3.8, 4) is 0 Å². The number of nitrogen functional groups attached to an aromatic ring is 1. The molecule has 32 heavy (non-hydrogen) atoms. The molecule has 0 saturated heterocycles. The number of hydrogen-bond donors (Lipinski definition) is 2. The van der Waals surface area contributed by atoms with E-state index in [-0.39, 0.29) is 11.1 Å². The van der Waals surface area contributed by atoms with Crippen LogP contribution in [0.15, 0.2) is 36.8 Å². The number of rotatable bonds is 8. The number of carbonyl (C=O) groups excluding carboxylic acids is 1. The van der Waals surface area contributed by atoms with E-state index in [9.17, 15) is 4.79 Å². The van der Waals surface area contributed by atoms with Crippen LogP contribution in [0.1, 0.15) is 38.3 Å². The van der Waals surface area contributed by atoms with Crippen molar-refractivity contribution in [2.75, 3.05) is 12.3 Å². The van der Waals surface area contributed by atoms with E-state index in [1.165, 1.54) is 5.52 Å². The number of unbranched alkanes of at least 4 members (excludes halogenated alkanes) is 1. The van der Waals surface area contributed by atoms with Crippen LogP contribution in [0.5, 0.6) is 0 Å². The molecule has 1 aromatic carbocycles. The standard InChI is InChI=1S/C22H26ClN7O2/c1-14(2)30-9-7-16-11-15(5-6-17(16)30)12-25-22(31)32-10-4-3-8-29-13-26-18-19(24)27-21(23)28-20(18)29/h5-7,9,11,13-14H,3-4,8,10,12H2,1-2H3,(H,25,31)(H2,24,27,28). The first-order chi connectivity index (χ1) is 15.4. The zero-order valence-electron chi connectivity index (χ0n) is 18.1. The van der Waals surface area contributed by atoms with Crippen LogP contribution in [0.4, 0.5) is 10.6 Å². The SMILES string of the molecule is CC(C)n1ccc2cc(CNC(=O)OCCCCn3cnc4c(N)nc(Cl)nc43)ccc21. The van der Waals surface area contributed by atoms with Crippen molar-refractivity contribution in [2.45, 2.75) is 45.8 Å². The third-order valence-electron chi connectivity index (χ3n) is 5.27. The summed E-state index contributed by atoms with van der Waals surface area (Å²) in [5.74, 6) is 0.260. The smallest absolute Gasteiger partial charge is 0.407 e. The molecular formula is C22H26ClN7O2. The highest BCUT2D eigenvalue weighted by Gasteiger charge is 2.10. The van der Waals surface area contributed by atoms with Gasteiger partial charge < -0.3 is 24.9 Å². The van der Waals surface area contributed by atoms with Crippen LogP contribution in [-0.2, 0) is 17.8 Å². The number of hydrogen-bond acceptors (Lipinski definition) is 6. The number of nitrogens with two attached hydrogens (primary N) is 1. The fourth-order valence-corrected chi connectivity index (χ4v) is 3.82. The molecule has 1 amide bonds. The molecule has 3 N–H and O–H groups in total. The molecule has 0 aliphatic carbocycles. The summed E-state index contributed by atoms with van der Waals surface area (Å²) in [5, 5.41) is 4.06. The highest BCUT2D eigenvalue weighted by Crippen LogP contribution is 2.21. The first kappa shape index (κ1) is 21.9. The van der Waals surface area contributed by atoms with Crippen molar-refractivity contribution in [3.05, 3.63) is 47.6 Å². The molecule has 0 unspecified atom stereocenters. The number of carbonyl (C=O) groups is 1. The van der Waals surface area contributed by atoms with Gasteiger partial charge >= 0.3 is 6.09 Å². The fourth-order valence-electron chi connectivity index (χ4n) is 3.65. The maximum Gasteiger partial charge on any atom is 0.407 e. The molecule has 4 rings (SSSR count). The van der Waals surface area contributed by atoms with Crippen molar-refractivity contribution < 1.29 is 9.53 Å². The first-order valence-corrected chi connectivity index (χ1v) is 10.9. The lowest BCUT2D eigenvalue weighted by Gasteiger charge is -2.10. The van der Waals surface area contributed by atoms with Crippen LogP contribution >= 0.6 is 11.6 Å². The van der Waals surface area contributed by atoms with E-state index in [2.05, 4.69) is 63.1 Å². The summed E-state index contributed by atoms with van der Waals surface area (Å²) in [6.07, 6.45) is 4.81. The second kappa shape index (κ2) is 9.44. The topological polar surface area (TPSA) is 113 Å². The summed E-state index contributed by atoms with van der Waals surface area (Å²) < 4.78 is 9.38. The summed E-state index contributed by atoms with van der Waals surface area (Å²) in [6, 6.07) is 8.70. The fraction of sp³-hybridized carbons (Fsp3) is 0.364. The van der Waals surface area contributed by atoms with Crippen molar-refractivity contribution in [1.82, 2.24) is 29.4 Å². The van der Waals surface area contributed by atoms with Crippen LogP contribution in [0.25, 0.3) is 22.1 Å². The molecule has 9 nitrogen and oxygen atoms in total. The number of alkyl carbamates (subject to hydrolysis) is 1. The number of halogens is 1. The molecule has 3 aromatic heterocycles. The van der Waals surface area contributed by atoms with Gasteiger partial charge in [0.2, 0.25) is 5.28 Å². The van der Waals surface area contributed by atoms with E-state index in [0.717, 1.165) is 17.4 Å². The van der Waals surface area contributed by atoms with Crippen LogP contribution in [0, 0.1) is 0 Å². The normalized spacial score (nSPS) is 11.5. The third-order valence-corrected chi connectivity index (χ3v) is 5.44. The highest BCUT2D eigenvalue weighted by molar-refractivity contribution is 6.28. The van der Waals surface area contributed by atoms with E-state index < -0.39 is 6.09 Å². The molecule has 4 aromatic rings. The van der Waals surface area contributed by atoms with Crippen molar-refractivity contribution in [3.63, 3.8) is 0 Å². The minimum atomic E-state index is -0.426. The van der Waals surface area contributed by atoms with E-state index in [4.69, 9.17) is 22.1 Å². The number of aromatic nitrogens is 5. The summed E-state index contributed by atoms with van der Waals surface area (Å²) in [4.78, 5) is 24.3. The van der Waals surface area contributed by atoms with Crippen molar-refractivity contribution >= 4 is 45.6 Å². The molecule has 0 fully saturated rings. The lowest BCUT2D eigenvalue weighted by atomic mass is 10.1. The number of fused-ring (bicyclic) bond motifs is 2. The Hall–Kier alpha value is -3.33. The van der Waals surface area contributed by atoms with Gasteiger partial charge in [0.1, 0.15) is 5.52 Å². The minimum absolute atomic E-state index is 0.0911. The summed E-state index contributed by atoms with van der Waals surface area (Å²) >= 11 is 5.88. The predicted molar refractivity (Wildman–Crippen MR) is 124 cm³/mol. The molecule has 0 bridgehead atoms. The Morgan fingerprint density at radius 1 is 1.25 bits per heavy atom. The number of ether oxygens (including phenoxy) is 1. The molecule has 0 aliphatic heterocycles. The first-order valence-electron chi connectivity index (χ1n) is 10.6. The largest absolute Gasteiger partial charge is 0.450 e. The maximum atomic E-state index is 12.0. The number of aryl methyl sites for hydroxylation is 1. The van der Waals surface area contributed by atoms with Gasteiger partial charge in [-0.2, -0.15) is 9.97 Å². The number of nitrogens with one attached hydrogen (secondary N) is 1. The third kappa shape index (κ3) is 4.77. The van der Waals surface area contributed by atoms with Gasteiger partial charge in [0.15, 0.2) is 11.5 Å². The average molecular weight is 456 g/mol. The number of benzene rings is 1. The molecular weight excluding hydrogens is 430 g/mol. The summed E-state index contributed by atoms with van der Waals surface area (Å²) in [5.41, 5.74) is 9.16. The Labute approximate surface area is 190 Å². The summed E-state index contributed by atoms with van der Waals surface area (Å²) in [7, 11) is 0. The van der Waals surface area contributed by atoms with E-state index in [1.807, 2.05) is 10.6 Å². The Bertz CT molecular complexity index is 1250. The number of imidazole rings is 1. The lowest BCUT2D eigenvalue weighted by molar-refractivity contribution is 0.143. The number of anilines is 1. The zero-order chi connectivity index (χ0) is 22.7. The van der Waals surface area contributed by atoms with Gasteiger partial charge in [0.25, 0.3) is 0 Å². The zero-order valence-corrected chi connectivity index (χ0v) is 18.8. The van der Waals surface area contributed by atoms with Gasteiger partial charge in [-0.1, -0.05) is 6.07 Å². The molecule has 0 spiro atoms. The van der Waals surface area contributed by atoms with Gasteiger partial charge in [-0.3, -0.25) is 0 Å². The van der Waals surface area contributed by atoms with Gasteiger partial charge in [-0.25, -0.2) is 9.78 Å². The van der Waals surface area contributed by atoms with Crippen LogP contribution in [0.3, 0.4) is 0 Å². The van der Waals surface area contributed by atoms with Crippen LogP contribution < -0.4 is 11.1 Å². The van der Waals surface area contributed by atoms with Crippen LogP contribution in [-0.4, -0.2) is 36.8 Å². The van der Waals surface area contributed by atoms with E-state index in [0.29, 0.717) is 43.3 Å². The monoisotopic (exact) mass is 455 g/mol. The molecule has 168 valence electrons. The van der Waals surface area contributed by atoms with Gasteiger partial charge in [0.05, 0.1) is 12.9 Å². The quantitative estimate of drug-likeness (QED) is 0.302. The van der Waals surface area contributed by atoms with E-state index in [1.54, 1.807) is 6.33 Å². The molecule has 3 heterocycles. The molecule has 0 saturated carbocycles. The molecule has 0 atom stereocenters. The Morgan fingerprint density at radius 2 is 2.09 bits per heavy atom. The number of amides is 1. The lowest BCUT2D eigenvalue weighted by Crippen LogP contribution is -2.24. The Balaban J connectivity index is 1.20. The van der Waals surface area contributed by atoms with Crippen molar-refractivity contribution in [1.29, 1.82) is 0 Å². The Kier molecular flexibility index (Phi) is 6.45. The maximum absolute atomic E-state index is 12.0. The van der Waals surface area contributed by atoms with Gasteiger partial charge in [-0.15, -0.1) is 0 Å². The second-order valence-electron chi connectivity index (χ2n) is 7.89. The van der Waals surface area contributed by atoms with E-state index >= 15 is 0 Å². The van der Waals surface area contributed by atoms with Crippen LogP contribution in [0.2, 0.25) is 5.28 Å².